The van der Waals surface area contributed by atoms with Crippen LogP contribution in [0.5, 0.6) is 5.75 Å². The summed E-state index contributed by atoms with van der Waals surface area (Å²) in [6, 6.07) is 14.0. The van der Waals surface area contributed by atoms with Gasteiger partial charge >= 0.3 is 0 Å². The van der Waals surface area contributed by atoms with Crippen LogP contribution in [0.1, 0.15) is 31.9 Å². The third-order valence-corrected chi connectivity index (χ3v) is 3.49. The quantitative estimate of drug-likeness (QED) is 0.911. The molecule has 1 N–H and O–H groups in total. The summed E-state index contributed by atoms with van der Waals surface area (Å²) >= 11 is 0. The molecule has 0 aliphatic heterocycles. The first kappa shape index (κ1) is 17.0. The fourth-order valence-electron chi connectivity index (χ4n) is 2.24. The largest absolute Gasteiger partial charge is 0.483 e. The normalized spacial score (nSPS) is 11.1. The van der Waals surface area contributed by atoms with E-state index in [1.54, 1.807) is 18.2 Å². The Hall–Kier alpha value is -2.36. The molecular weight excluding hydrogens is 293 g/mol. The number of carbonyl (C=O) groups excluding carboxylic acids is 1. The van der Waals surface area contributed by atoms with Gasteiger partial charge in [-0.2, -0.15) is 0 Å². The summed E-state index contributed by atoms with van der Waals surface area (Å²) in [5.74, 6) is 0.0878. The summed E-state index contributed by atoms with van der Waals surface area (Å²) in [6.45, 7) is 6.33. The van der Waals surface area contributed by atoms with Crippen LogP contribution in [-0.2, 0) is 16.8 Å². The number of nitrogens with one attached hydrogen (secondary N) is 1. The van der Waals surface area contributed by atoms with Gasteiger partial charge in [0, 0.05) is 12.1 Å². The molecular formula is C19H22FNO2. The summed E-state index contributed by atoms with van der Waals surface area (Å²) in [4.78, 5) is 11.9. The lowest BCUT2D eigenvalue weighted by atomic mass is 9.86. The third-order valence-electron chi connectivity index (χ3n) is 3.49. The topological polar surface area (TPSA) is 38.3 Å². The van der Waals surface area contributed by atoms with Crippen LogP contribution >= 0.6 is 0 Å². The van der Waals surface area contributed by atoms with Crippen LogP contribution in [0, 0.1) is 5.82 Å². The molecule has 0 spiro atoms. The van der Waals surface area contributed by atoms with Crippen molar-refractivity contribution in [2.24, 2.45) is 0 Å². The van der Waals surface area contributed by atoms with Crippen molar-refractivity contribution in [3.63, 3.8) is 0 Å². The second-order valence-corrected chi connectivity index (χ2v) is 6.40. The van der Waals surface area contributed by atoms with Crippen LogP contribution < -0.4 is 10.1 Å². The van der Waals surface area contributed by atoms with Gasteiger partial charge in [-0.1, -0.05) is 57.2 Å². The first-order valence-electron chi connectivity index (χ1n) is 7.60. The van der Waals surface area contributed by atoms with Gasteiger partial charge in [-0.25, -0.2) is 4.39 Å². The Kier molecular flexibility index (Phi) is 5.37. The van der Waals surface area contributed by atoms with Crippen molar-refractivity contribution in [3.05, 3.63) is 65.5 Å². The number of benzene rings is 2. The molecule has 1 amide bonds. The maximum atomic E-state index is 13.5. The van der Waals surface area contributed by atoms with E-state index >= 15 is 0 Å². The zero-order valence-electron chi connectivity index (χ0n) is 13.7. The monoisotopic (exact) mass is 315 g/mol. The van der Waals surface area contributed by atoms with Crippen molar-refractivity contribution in [2.45, 2.75) is 32.7 Å². The fourth-order valence-corrected chi connectivity index (χ4v) is 2.24. The van der Waals surface area contributed by atoms with E-state index in [9.17, 15) is 9.18 Å². The van der Waals surface area contributed by atoms with Gasteiger partial charge in [0.15, 0.2) is 6.61 Å². The van der Waals surface area contributed by atoms with Crippen molar-refractivity contribution < 1.29 is 13.9 Å². The molecule has 0 bridgehead atoms. The molecule has 122 valence electrons. The highest BCUT2D eigenvalue weighted by Crippen LogP contribution is 2.30. The second-order valence-electron chi connectivity index (χ2n) is 6.40. The van der Waals surface area contributed by atoms with E-state index in [2.05, 4.69) is 26.1 Å². The lowest BCUT2D eigenvalue weighted by molar-refractivity contribution is -0.123. The molecule has 2 rings (SSSR count). The molecule has 0 unspecified atom stereocenters. The highest BCUT2D eigenvalue weighted by Gasteiger charge is 2.18. The van der Waals surface area contributed by atoms with Crippen molar-refractivity contribution in [1.82, 2.24) is 5.32 Å². The predicted molar refractivity (Wildman–Crippen MR) is 88.9 cm³/mol. The summed E-state index contributed by atoms with van der Waals surface area (Å²) < 4.78 is 19.1. The van der Waals surface area contributed by atoms with E-state index in [0.29, 0.717) is 11.3 Å². The predicted octanol–water partition coefficient (Wildman–Crippen LogP) is 3.82. The van der Waals surface area contributed by atoms with Crippen molar-refractivity contribution in [2.75, 3.05) is 6.61 Å². The van der Waals surface area contributed by atoms with Gasteiger partial charge in [0.2, 0.25) is 0 Å². The number of carbonyl (C=O) groups is 1. The summed E-state index contributed by atoms with van der Waals surface area (Å²) in [5, 5.41) is 2.66. The first-order chi connectivity index (χ1) is 10.9. The molecule has 0 aromatic heterocycles. The molecule has 0 aliphatic rings. The molecule has 2 aromatic rings. The number of hydrogen-bond acceptors (Lipinski definition) is 2. The van der Waals surface area contributed by atoms with Crippen molar-refractivity contribution in [3.8, 4) is 5.75 Å². The average molecular weight is 315 g/mol. The van der Waals surface area contributed by atoms with E-state index < -0.39 is 0 Å². The molecule has 0 saturated heterocycles. The van der Waals surface area contributed by atoms with Crippen molar-refractivity contribution >= 4 is 5.91 Å². The van der Waals surface area contributed by atoms with Crippen molar-refractivity contribution in [1.29, 1.82) is 0 Å². The van der Waals surface area contributed by atoms with Gasteiger partial charge < -0.3 is 10.1 Å². The lowest BCUT2D eigenvalue weighted by Gasteiger charge is -2.22. The summed E-state index contributed by atoms with van der Waals surface area (Å²) in [7, 11) is 0. The minimum absolute atomic E-state index is 0.0692. The van der Waals surface area contributed by atoms with E-state index in [1.165, 1.54) is 6.07 Å². The Balaban J connectivity index is 1.92. The van der Waals surface area contributed by atoms with E-state index in [-0.39, 0.29) is 30.3 Å². The van der Waals surface area contributed by atoms with Gasteiger partial charge in [-0.05, 0) is 23.1 Å². The van der Waals surface area contributed by atoms with Gasteiger partial charge in [0.05, 0.1) is 0 Å². The molecule has 0 atom stereocenters. The van der Waals surface area contributed by atoms with E-state index in [4.69, 9.17) is 4.74 Å². The Morgan fingerprint density at radius 2 is 1.74 bits per heavy atom. The summed E-state index contributed by atoms with van der Waals surface area (Å²) in [5.41, 5.74) is 1.43. The van der Waals surface area contributed by atoms with Gasteiger partial charge in [0.25, 0.3) is 5.91 Å². The summed E-state index contributed by atoms with van der Waals surface area (Å²) in [6.07, 6.45) is 0. The van der Waals surface area contributed by atoms with Crippen LogP contribution in [0.2, 0.25) is 0 Å². The lowest BCUT2D eigenvalue weighted by Crippen LogP contribution is -2.29. The zero-order chi connectivity index (χ0) is 16.9. The standard InChI is InChI=1S/C19H22FNO2/c1-19(2,3)15-9-5-7-11-17(15)23-13-18(22)21-12-14-8-4-6-10-16(14)20/h4-11H,12-13H2,1-3H3,(H,21,22). The highest BCUT2D eigenvalue weighted by molar-refractivity contribution is 5.77. The maximum Gasteiger partial charge on any atom is 0.258 e. The Morgan fingerprint density at radius 3 is 2.43 bits per heavy atom. The maximum absolute atomic E-state index is 13.5. The Bertz CT molecular complexity index is 677. The van der Waals surface area contributed by atoms with Crippen LogP contribution in [0.3, 0.4) is 0 Å². The second kappa shape index (κ2) is 7.27. The van der Waals surface area contributed by atoms with Gasteiger partial charge in [-0.15, -0.1) is 0 Å². The van der Waals surface area contributed by atoms with E-state index in [1.807, 2.05) is 24.3 Å². The molecule has 3 nitrogen and oxygen atoms in total. The fraction of sp³-hybridized carbons (Fsp3) is 0.316. The Labute approximate surface area is 136 Å². The molecule has 2 aromatic carbocycles. The smallest absolute Gasteiger partial charge is 0.258 e. The molecule has 4 heteroatoms. The Morgan fingerprint density at radius 1 is 1.09 bits per heavy atom. The number of amides is 1. The van der Waals surface area contributed by atoms with Crippen LogP contribution in [0.25, 0.3) is 0 Å². The number of para-hydroxylation sites is 1. The van der Waals surface area contributed by atoms with Crippen LogP contribution in [0.4, 0.5) is 4.39 Å². The number of hydrogen-bond donors (Lipinski definition) is 1. The number of halogens is 1. The molecule has 0 radical (unpaired) electrons. The highest BCUT2D eigenvalue weighted by atomic mass is 19.1. The molecule has 23 heavy (non-hydrogen) atoms. The van der Waals surface area contributed by atoms with Crippen LogP contribution in [-0.4, -0.2) is 12.5 Å². The number of rotatable bonds is 5. The average Bonchev–Trinajstić information content (AvgIpc) is 2.51. The minimum atomic E-state index is -0.327. The zero-order valence-corrected chi connectivity index (χ0v) is 13.7. The van der Waals surface area contributed by atoms with Gasteiger partial charge in [-0.3, -0.25) is 4.79 Å². The SMILES string of the molecule is CC(C)(C)c1ccccc1OCC(=O)NCc1ccccc1F. The minimum Gasteiger partial charge on any atom is -0.483 e. The molecule has 0 fully saturated rings. The third kappa shape index (κ3) is 4.81. The molecule has 0 aliphatic carbocycles. The van der Waals surface area contributed by atoms with E-state index in [0.717, 1.165) is 5.56 Å². The molecule has 0 saturated carbocycles. The first-order valence-corrected chi connectivity index (χ1v) is 7.60. The van der Waals surface area contributed by atoms with Gasteiger partial charge in [0.1, 0.15) is 11.6 Å². The number of ether oxygens (including phenoxy) is 1. The van der Waals surface area contributed by atoms with Crippen LogP contribution in [0.15, 0.2) is 48.5 Å². The molecule has 0 heterocycles.